The van der Waals surface area contributed by atoms with E-state index in [0.29, 0.717) is 35.7 Å². The third kappa shape index (κ3) is 4.12. The Morgan fingerprint density at radius 2 is 2.15 bits per heavy atom. The summed E-state index contributed by atoms with van der Waals surface area (Å²) in [7, 11) is 0. The van der Waals surface area contributed by atoms with E-state index in [0.717, 1.165) is 0 Å². The molecule has 10 nitrogen and oxygen atoms in total. The number of nitrogens with one attached hydrogen (secondary N) is 1. The van der Waals surface area contributed by atoms with Crippen LogP contribution in [0.25, 0.3) is 5.69 Å². The molecule has 11 heteroatoms. The average Bonchev–Trinajstić information content (AvgIpc) is 3.48. The van der Waals surface area contributed by atoms with Crippen LogP contribution < -0.4 is 5.32 Å². The SMILES string of the molecule is C[C@@H]1CCC[N+]1(C(=O)NCc1cc(Cl)ccc1-n1cnnn1)C(=O)C(C)(O)c1ccccn1. The van der Waals surface area contributed by atoms with Crippen LogP contribution in [-0.2, 0) is 16.9 Å². The molecule has 2 N–H and O–H groups in total. The fourth-order valence-electron chi connectivity index (χ4n) is 4.42. The van der Waals surface area contributed by atoms with Gasteiger partial charge in [0.05, 0.1) is 24.5 Å². The molecule has 3 heterocycles. The molecule has 33 heavy (non-hydrogen) atoms. The highest BCUT2D eigenvalue weighted by Crippen LogP contribution is 2.34. The van der Waals surface area contributed by atoms with Gasteiger partial charge in [-0.2, -0.15) is 4.48 Å². The first-order valence-corrected chi connectivity index (χ1v) is 11.0. The van der Waals surface area contributed by atoms with Gasteiger partial charge in [0.2, 0.25) is 5.60 Å². The Labute approximate surface area is 195 Å². The van der Waals surface area contributed by atoms with E-state index in [1.54, 1.807) is 36.4 Å². The normalized spacial score (nSPS) is 22.0. The monoisotopic (exact) mass is 470 g/mol. The van der Waals surface area contributed by atoms with Gasteiger partial charge in [-0.15, -0.1) is 5.10 Å². The number of tetrazole rings is 1. The maximum absolute atomic E-state index is 13.7. The van der Waals surface area contributed by atoms with Crippen LogP contribution in [0.3, 0.4) is 0 Å². The zero-order chi connectivity index (χ0) is 23.6. The summed E-state index contributed by atoms with van der Waals surface area (Å²) in [5, 5.41) is 25.8. The minimum atomic E-state index is -1.93. The molecular formula is C22H25ClN7O3+. The Balaban J connectivity index is 1.63. The van der Waals surface area contributed by atoms with E-state index in [4.69, 9.17) is 11.6 Å². The smallest absolute Gasteiger partial charge is 0.371 e. The molecule has 3 atom stereocenters. The van der Waals surface area contributed by atoms with Crippen molar-refractivity contribution in [1.29, 1.82) is 0 Å². The zero-order valence-corrected chi connectivity index (χ0v) is 19.1. The molecule has 3 amide bonds. The Hall–Kier alpha value is -3.21. The van der Waals surface area contributed by atoms with Crippen molar-refractivity contribution < 1.29 is 19.2 Å². The predicted molar refractivity (Wildman–Crippen MR) is 119 cm³/mol. The van der Waals surface area contributed by atoms with Crippen LogP contribution >= 0.6 is 11.6 Å². The first-order chi connectivity index (χ1) is 15.8. The molecule has 2 unspecified atom stereocenters. The van der Waals surface area contributed by atoms with Crippen LogP contribution in [0.4, 0.5) is 4.79 Å². The fraction of sp³-hybridized carbons (Fsp3) is 0.364. The van der Waals surface area contributed by atoms with E-state index < -0.39 is 22.0 Å². The van der Waals surface area contributed by atoms with E-state index in [1.807, 2.05) is 6.92 Å². The Kier molecular flexibility index (Phi) is 6.24. The van der Waals surface area contributed by atoms with Crippen LogP contribution in [0.5, 0.6) is 0 Å². The first kappa shape index (κ1) is 23.0. The molecule has 0 radical (unpaired) electrons. The summed E-state index contributed by atoms with van der Waals surface area (Å²) in [6.07, 6.45) is 4.32. The van der Waals surface area contributed by atoms with Crippen molar-refractivity contribution >= 4 is 23.5 Å². The van der Waals surface area contributed by atoms with E-state index >= 15 is 0 Å². The second-order valence-corrected chi connectivity index (χ2v) is 8.80. The summed E-state index contributed by atoms with van der Waals surface area (Å²) in [6.45, 7) is 3.64. The van der Waals surface area contributed by atoms with Crippen LogP contribution in [0.1, 0.15) is 37.9 Å². The van der Waals surface area contributed by atoms with Crippen LogP contribution in [0, 0.1) is 0 Å². The van der Waals surface area contributed by atoms with Gasteiger partial charge in [0, 0.05) is 24.1 Å². The number of amides is 3. The lowest BCUT2D eigenvalue weighted by Crippen LogP contribution is -2.67. The van der Waals surface area contributed by atoms with Crippen molar-refractivity contribution in [2.75, 3.05) is 6.54 Å². The molecule has 0 aliphatic carbocycles. The summed E-state index contributed by atoms with van der Waals surface area (Å²) in [5.41, 5.74) is -0.394. The Bertz CT molecular complexity index is 1150. The van der Waals surface area contributed by atoms with E-state index in [2.05, 4.69) is 25.8 Å². The number of halogens is 1. The zero-order valence-electron chi connectivity index (χ0n) is 18.3. The molecular weight excluding hydrogens is 446 g/mol. The minimum Gasteiger partial charge on any atom is -0.371 e. The lowest BCUT2D eigenvalue weighted by Gasteiger charge is -2.37. The summed E-state index contributed by atoms with van der Waals surface area (Å²) < 4.78 is 0.960. The van der Waals surface area contributed by atoms with Gasteiger partial charge in [-0.3, -0.25) is 4.98 Å². The second kappa shape index (κ2) is 8.97. The van der Waals surface area contributed by atoms with Crippen molar-refractivity contribution in [3.8, 4) is 5.69 Å². The summed E-state index contributed by atoms with van der Waals surface area (Å²) >= 11 is 6.18. The number of rotatable bonds is 5. The molecule has 2 aromatic heterocycles. The highest BCUT2D eigenvalue weighted by molar-refractivity contribution is 6.30. The lowest BCUT2D eigenvalue weighted by atomic mass is 9.97. The van der Waals surface area contributed by atoms with Gasteiger partial charge in [0.25, 0.3) is 0 Å². The first-order valence-electron chi connectivity index (χ1n) is 10.6. The molecule has 0 spiro atoms. The van der Waals surface area contributed by atoms with Gasteiger partial charge in [0.1, 0.15) is 12.4 Å². The highest BCUT2D eigenvalue weighted by atomic mass is 35.5. The topological polar surface area (TPSA) is 123 Å². The molecule has 1 saturated heterocycles. The average molecular weight is 471 g/mol. The molecule has 1 aromatic carbocycles. The number of benzene rings is 1. The number of urea groups is 1. The number of carbonyl (C=O) groups is 2. The van der Waals surface area contributed by atoms with Crippen molar-refractivity contribution in [3.63, 3.8) is 0 Å². The molecule has 1 fully saturated rings. The number of nitrogens with zero attached hydrogens (tertiary/aromatic N) is 6. The third-order valence-electron chi connectivity index (χ3n) is 6.26. The maximum atomic E-state index is 13.7. The number of carbonyl (C=O) groups excluding carboxylic acids is 2. The van der Waals surface area contributed by atoms with Gasteiger partial charge in [-0.1, -0.05) is 17.7 Å². The number of aromatic nitrogens is 5. The number of hydrogen-bond donors (Lipinski definition) is 2. The Morgan fingerprint density at radius 3 is 2.79 bits per heavy atom. The van der Waals surface area contributed by atoms with Crippen LogP contribution in [0.15, 0.2) is 48.9 Å². The minimum absolute atomic E-state index is 0.0975. The molecule has 172 valence electrons. The van der Waals surface area contributed by atoms with E-state index in [9.17, 15) is 14.7 Å². The molecule has 1 aliphatic rings. The predicted octanol–water partition coefficient (Wildman–Crippen LogP) is 2.35. The van der Waals surface area contributed by atoms with E-state index in [-0.39, 0.29) is 18.3 Å². The second-order valence-electron chi connectivity index (χ2n) is 8.36. The largest absolute Gasteiger partial charge is 0.424 e. The van der Waals surface area contributed by atoms with Gasteiger partial charge in [0.15, 0.2) is 0 Å². The number of aliphatic hydroxyl groups is 1. The maximum Gasteiger partial charge on any atom is 0.424 e. The fourth-order valence-corrected chi connectivity index (χ4v) is 4.62. The molecule has 4 rings (SSSR count). The number of hydrogen-bond acceptors (Lipinski definition) is 7. The summed E-state index contributed by atoms with van der Waals surface area (Å²) in [6, 6.07) is 9.36. The van der Waals surface area contributed by atoms with Crippen LogP contribution in [0.2, 0.25) is 5.02 Å². The van der Waals surface area contributed by atoms with Crippen molar-refractivity contribution in [2.45, 2.75) is 44.9 Å². The highest BCUT2D eigenvalue weighted by Gasteiger charge is 2.59. The van der Waals surface area contributed by atoms with Crippen molar-refractivity contribution in [2.24, 2.45) is 0 Å². The summed E-state index contributed by atoms with van der Waals surface area (Å²) in [5.74, 6) is -0.601. The molecule has 0 saturated carbocycles. The van der Waals surface area contributed by atoms with Gasteiger partial charge < -0.3 is 10.4 Å². The third-order valence-corrected chi connectivity index (χ3v) is 6.49. The van der Waals surface area contributed by atoms with Gasteiger partial charge in [-0.05, 0) is 60.2 Å². The van der Waals surface area contributed by atoms with Gasteiger partial charge in [-0.25, -0.2) is 14.3 Å². The number of likely N-dealkylation sites (tertiary alicyclic amines) is 1. The van der Waals surface area contributed by atoms with Gasteiger partial charge >= 0.3 is 11.9 Å². The van der Waals surface area contributed by atoms with Crippen LogP contribution in [-0.4, -0.2) is 59.3 Å². The number of pyridine rings is 1. The van der Waals surface area contributed by atoms with Crippen molar-refractivity contribution in [3.05, 3.63) is 65.2 Å². The molecule has 3 aromatic rings. The quantitative estimate of drug-likeness (QED) is 0.548. The standard InChI is InChI=1S/C22H24ClN7O3/c1-15-6-5-11-30(15,20(31)22(2,33)19-7-3-4-10-24-19)21(32)25-13-16-12-17(23)8-9-18(16)29-14-26-27-28-29/h3-4,7-10,12,14-15,33H,5-6,11,13H2,1-2H3/p+1/t15-,22?,30?/m1/s1. The number of imide groups is 1. The molecule has 0 bridgehead atoms. The van der Waals surface area contributed by atoms with Crippen molar-refractivity contribution in [1.82, 2.24) is 30.5 Å². The molecule has 1 aliphatic heterocycles. The Morgan fingerprint density at radius 1 is 1.33 bits per heavy atom. The summed E-state index contributed by atoms with van der Waals surface area (Å²) in [4.78, 5) is 31.5. The van der Waals surface area contributed by atoms with E-state index in [1.165, 1.54) is 24.1 Å². The number of quaternary nitrogens is 1. The lowest BCUT2D eigenvalue weighted by molar-refractivity contribution is -0.789.